The lowest BCUT2D eigenvalue weighted by Gasteiger charge is -2.07. The van der Waals surface area contributed by atoms with Crippen LogP contribution in [0.4, 0.5) is 0 Å². The van der Waals surface area contributed by atoms with E-state index in [9.17, 15) is 8.42 Å². The topological polar surface area (TPSA) is 61.2 Å². The molecule has 0 bridgehead atoms. The lowest BCUT2D eigenvalue weighted by molar-refractivity contribution is 0.139. The van der Waals surface area contributed by atoms with Gasteiger partial charge in [0, 0.05) is 31.6 Å². The molecule has 6 heteroatoms. The van der Waals surface area contributed by atoms with Gasteiger partial charge in [-0.15, -0.1) is 0 Å². The fourth-order valence-corrected chi connectivity index (χ4v) is 1.89. The molecule has 0 unspecified atom stereocenters. The predicted octanol–water partition coefficient (Wildman–Crippen LogP) is 0.897. The Balaban J connectivity index is 2.24. The van der Waals surface area contributed by atoms with Gasteiger partial charge in [0.15, 0.2) is 0 Å². The van der Waals surface area contributed by atoms with E-state index in [0.29, 0.717) is 6.61 Å². The Bertz CT molecular complexity index is 426. The second-order valence-corrected chi connectivity index (χ2v) is 6.29. The van der Waals surface area contributed by atoms with Gasteiger partial charge in [-0.3, -0.25) is 0 Å². The van der Waals surface area contributed by atoms with E-state index in [0.717, 1.165) is 25.2 Å². The third kappa shape index (κ3) is 5.83. The monoisotopic (exact) mass is 260 g/mol. The summed E-state index contributed by atoms with van der Waals surface area (Å²) in [6.07, 6.45) is 6.93. The Morgan fingerprint density at radius 3 is 2.82 bits per heavy atom. The van der Waals surface area contributed by atoms with Crippen LogP contribution in [0.3, 0.4) is 0 Å². The molecule has 1 rings (SSSR count). The quantitative estimate of drug-likeness (QED) is 0.651. The van der Waals surface area contributed by atoms with Crippen molar-refractivity contribution >= 4 is 9.84 Å². The molecule has 17 heavy (non-hydrogen) atoms. The number of nitrogens with zero attached hydrogens (tertiary/aromatic N) is 2. The fraction of sp³-hybridized carbons (Fsp3) is 0.727. The Morgan fingerprint density at radius 2 is 2.18 bits per heavy atom. The molecular weight excluding hydrogens is 240 g/mol. The first kappa shape index (κ1) is 14.2. The average molecular weight is 260 g/mol. The minimum Gasteiger partial charge on any atom is -0.379 e. The van der Waals surface area contributed by atoms with Crippen molar-refractivity contribution in [3.63, 3.8) is 0 Å². The van der Waals surface area contributed by atoms with Crippen molar-refractivity contribution in [2.75, 3.05) is 25.2 Å². The summed E-state index contributed by atoms with van der Waals surface area (Å²) in [6, 6.07) is 0. The Labute approximate surface area is 103 Å². The lowest BCUT2D eigenvalue weighted by Crippen LogP contribution is -2.14. The Hall–Kier alpha value is -0.880. The van der Waals surface area contributed by atoms with E-state index in [1.807, 2.05) is 10.8 Å². The van der Waals surface area contributed by atoms with Gasteiger partial charge < -0.3 is 9.30 Å². The number of aromatic nitrogens is 2. The highest BCUT2D eigenvalue weighted by Gasteiger charge is 2.03. The maximum absolute atomic E-state index is 10.9. The smallest absolute Gasteiger partial charge is 0.149 e. The van der Waals surface area contributed by atoms with Crippen molar-refractivity contribution < 1.29 is 13.2 Å². The van der Waals surface area contributed by atoms with Crippen LogP contribution >= 0.6 is 0 Å². The minimum absolute atomic E-state index is 0.0821. The molecule has 0 N–H and O–H groups in total. The van der Waals surface area contributed by atoms with Crippen LogP contribution < -0.4 is 0 Å². The van der Waals surface area contributed by atoms with E-state index in [2.05, 4.69) is 11.9 Å². The number of sulfone groups is 1. The third-order valence-electron chi connectivity index (χ3n) is 2.35. The van der Waals surface area contributed by atoms with Crippen molar-refractivity contribution in [2.24, 2.45) is 0 Å². The van der Waals surface area contributed by atoms with E-state index in [1.165, 1.54) is 6.26 Å². The van der Waals surface area contributed by atoms with Gasteiger partial charge in [-0.25, -0.2) is 13.4 Å². The highest BCUT2D eigenvalue weighted by Crippen LogP contribution is 2.01. The zero-order valence-corrected chi connectivity index (χ0v) is 11.2. The summed E-state index contributed by atoms with van der Waals surface area (Å²) in [5, 5.41) is 0. The molecule has 0 aliphatic carbocycles. The molecule has 0 saturated carbocycles. The maximum atomic E-state index is 10.9. The first-order chi connectivity index (χ1) is 8.03. The summed E-state index contributed by atoms with van der Waals surface area (Å²) in [5.74, 6) is 1.14. The first-order valence-electron chi connectivity index (χ1n) is 5.78. The summed E-state index contributed by atoms with van der Waals surface area (Å²) in [6.45, 7) is 3.61. The molecule has 0 amide bonds. The number of rotatable bonds is 8. The van der Waals surface area contributed by atoms with Crippen LogP contribution in [0.5, 0.6) is 0 Å². The Morgan fingerprint density at radius 1 is 1.41 bits per heavy atom. The lowest BCUT2D eigenvalue weighted by atomic mass is 10.3. The zero-order chi connectivity index (χ0) is 12.7. The summed E-state index contributed by atoms with van der Waals surface area (Å²) >= 11 is 0. The molecular formula is C11H20N2O3S. The number of ether oxygens (including phenoxy) is 1. The summed E-state index contributed by atoms with van der Waals surface area (Å²) < 4.78 is 29.1. The molecule has 0 aliphatic rings. The van der Waals surface area contributed by atoms with Crippen LogP contribution in [-0.4, -0.2) is 43.2 Å². The second-order valence-electron chi connectivity index (χ2n) is 4.03. The van der Waals surface area contributed by atoms with Crippen LogP contribution in [0.1, 0.15) is 19.2 Å². The van der Waals surface area contributed by atoms with Gasteiger partial charge >= 0.3 is 0 Å². The molecule has 0 saturated heterocycles. The summed E-state index contributed by atoms with van der Waals surface area (Å²) in [5.41, 5.74) is 0. The highest BCUT2D eigenvalue weighted by molar-refractivity contribution is 7.90. The third-order valence-corrected chi connectivity index (χ3v) is 3.26. The SMILES string of the molecule is CCCc1nccn1CCOCCS(C)(=O)=O. The molecule has 0 aromatic carbocycles. The first-order valence-corrected chi connectivity index (χ1v) is 7.84. The van der Waals surface area contributed by atoms with Gasteiger partial charge in [-0.2, -0.15) is 0 Å². The van der Waals surface area contributed by atoms with E-state index in [4.69, 9.17) is 4.74 Å². The predicted molar refractivity (Wildman–Crippen MR) is 66.8 cm³/mol. The van der Waals surface area contributed by atoms with Gasteiger partial charge in [-0.05, 0) is 6.42 Å². The van der Waals surface area contributed by atoms with Gasteiger partial charge in [0.1, 0.15) is 15.7 Å². The van der Waals surface area contributed by atoms with Crippen LogP contribution in [-0.2, 0) is 27.5 Å². The molecule has 0 aliphatic heterocycles. The molecule has 0 fully saturated rings. The van der Waals surface area contributed by atoms with Crippen molar-refractivity contribution in [2.45, 2.75) is 26.3 Å². The van der Waals surface area contributed by atoms with Crippen molar-refractivity contribution in [3.8, 4) is 0 Å². The molecule has 1 aromatic rings. The van der Waals surface area contributed by atoms with E-state index in [-0.39, 0.29) is 12.4 Å². The molecule has 0 atom stereocenters. The summed E-state index contributed by atoms with van der Waals surface area (Å²) in [4.78, 5) is 4.26. The molecule has 5 nitrogen and oxygen atoms in total. The maximum Gasteiger partial charge on any atom is 0.149 e. The number of hydrogen-bond acceptors (Lipinski definition) is 4. The van der Waals surface area contributed by atoms with Gasteiger partial charge in [0.2, 0.25) is 0 Å². The van der Waals surface area contributed by atoms with Gasteiger partial charge in [-0.1, -0.05) is 6.92 Å². The van der Waals surface area contributed by atoms with Gasteiger partial charge in [0.05, 0.1) is 19.0 Å². The molecule has 98 valence electrons. The summed E-state index contributed by atoms with van der Waals surface area (Å²) in [7, 11) is -2.92. The average Bonchev–Trinajstić information content (AvgIpc) is 2.64. The zero-order valence-electron chi connectivity index (χ0n) is 10.4. The Kier molecular flexibility index (Phi) is 5.64. The van der Waals surface area contributed by atoms with Crippen molar-refractivity contribution in [1.82, 2.24) is 9.55 Å². The molecule has 1 heterocycles. The second kappa shape index (κ2) is 6.76. The van der Waals surface area contributed by atoms with E-state index in [1.54, 1.807) is 6.20 Å². The normalized spacial score (nSPS) is 11.9. The van der Waals surface area contributed by atoms with Crippen molar-refractivity contribution in [1.29, 1.82) is 0 Å². The molecule has 0 radical (unpaired) electrons. The largest absolute Gasteiger partial charge is 0.379 e. The number of aryl methyl sites for hydroxylation is 1. The molecule has 0 spiro atoms. The van der Waals surface area contributed by atoms with Crippen LogP contribution in [0.15, 0.2) is 12.4 Å². The minimum atomic E-state index is -2.92. The standard InChI is InChI=1S/C11H20N2O3S/c1-3-4-11-12-5-6-13(11)7-8-16-9-10-17(2,14)15/h5-6H,3-4,7-10H2,1-2H3. The van der Waals surface area contributed by atoms with Crippen molar-refractivity contribution in [3.05, 3.63) is 18.2 Å². The van der Waals surface area contributed by atoms with Crippen LogP contribution in [0, 0.1) is 0 Å². The molecule has 1 aromatic heterocycles. The van der Waals surface area contributed by atoms with E-state index < -0.39 is 9.84 Å². The fourth-order valence-electron chi connectivity index (χ4n) is 1.47. The highest BCUT2D eigenvalue weighted by atomic mass is 32.2. The number of hydrogen-bond donors (Lipinski definition) is 0. The van der Waals surface area contributed by atoms with Crippen LogP contribution in [0.2, 0.25) is 0 Å². The van der Waals surface area contributed by atoms with Gasteiger partial charge in [0.25, 0.3) is 0 Å². The number of imidazole rings is 1. The van der Waals surface area contributed by atoms with Crippen LogP contribution in [0.25, 0.3) is 0 Å². The van der Waals surface area contributed by atoms with E-state index >= 15 is 0 Å².